The Balaban J connectivity index is 1.71. The van der Waals surface area contributed by atoms with Gasteiger partial charge in [-0.3, -0.25) is 0 Å². The molecule has 0 radical (unpaired) electrons. The van der Waals surface area contributed by atoms with Gasteiger partial charge in [-0.05, 0) is 56.2 Å². The van der Waals surface area contributed by atoms with Gasteiger partial charge in [-0.15, -0.1) is 0 Å². The molecular formula is C21H21BrClNO3. The van der Waals surface area contributed by atoms with Gasteiger partial charge in [0.15, 0.2) is 0 Å². The molecule has 27 heavy (non-hydrogen) atoms. The number of hydrogen-bond acceptors (Lipinski definition) is 3. The Morgan fingerprint density at radius 3 is 2.00 bits per heavy atom. The highest BCUT2D eigenvalue weighted by atomic mass is 79.9. The summed E-state index contributed by atoms with van der Waals surface area (Å²) in [5.41, 5.74) is 0.372. The van der Waals surface area contributed by atoms with Crippen molar-refractivity contribution in [1.82, 2.24) is 4.90 Å². The van der Waals surface area contributed by atoms with Crippen molar-refractivity contribution in [3.63, 3.8) is 0 Å². The van der Waals surface area contributed by atoms with Crippen molar-refractivity contribution in [3.8, 4) is 0 Å². The molecule has 0 unspecified atom stereocenters. The molecule has 0 spiro atoms. The molecule has 0 saturated carbocycles. The molecule has 0 N–H and O–H groups in total. The topological polar surface area (TPSA) is 42.1 Å². The van der Waals surface area contributed by atoms with Crippen molar-refractivity contribution in [2.75, 3.05) is 13.1 Å². The lowest BCUT2D eigenvalue weighted by Crippen LogP contribution is -2.38. The molecule has 142 valence electrons. The van der Waals surface area contributed by atoms with Gasteiger partial charge in [0.05, 0.1) is 13.1 Å². The maximum absolute atomic E-state index is 12.7. The first-order chi connectivity index (χ1) is 12.7. The first kappa shape index (κ1) is 18.8. The normalized spacial score (nSPS) is 26.6. The number of amides is 1. The summed E-state index contributed by atoms with van der Waals surface area (Å²) in [5.74, 6) is 0. The van der Waals surface area contributed by atoms with Crippen molar-refractivity contribution in [3.05, 3.63) is 69.2 Å². The van der Waals surface area contributed by atoms with Crippen LogP contribution in [0, 0.1) is 0 Å². The molecule has 1 amide bonds. The number of nitrogens with zero attached hydrogens (tertiary/aromatic N) is 1. The Morgan fingerprint density at radius 2 is 1.52 bits per heavy atom. The molecule has 4 nitrogen and oxygen atoms in total. The fourth-order valence-electron chi connectivity index (χ4n) is 3.85. The Labute approximate surface area is 172 Å². The molecule has 2 aliphatic heterocycles. The smallest absolute Gasteiger partial charge is 0.410 e. The fraction of sp³-hybridized carbons (Fsp3) is 0.381. The lowest BCUT2D eigenvalue weighted by molar-refractivity contribution is 0.0161. The van der Waals surface area contributed by atoms with E-state index in [-0.39, 0.29) is 6.09 Å². The zero-order chi connectivity index (χ0) is 19.4. The minimum absolute atomic E-state index is 0.317. The third-order valence-electron chi connectivity index (χ3n) is 5.06. The monoisotopic (exact) mass is 449 g/mol. The van der Waals surface area contributed by atoms with E-state index >= 15 is 0 Å². The van der Waals surface area contributed by atoms with Gasteiger partial charge in [-0.2, -0.15) is 0 Å². The second-order valence-corrected chi connectivity index (χ2v) is 9.46. The maximum atomic E-state index is 12.7. The molecule has 0 aliphatic carbocycles. The summed E-state index contributed by atoms with van der Waals surface area (Å²) in [6.07, 6.45) is -0.317. The summed E-state index contributed by atoms with van der Waals surface area (Å²) in [4.78, 5) is 14.4. The zero-order valence-electron chi connectivity index (χ0n) is 15.5. The lowest BCUT2D eigenvalue weighted by Gasteiger charge is -2.26. The summed E-state index contributed by atoms with van der Waals surface area (Å²) >= 11 is 9.55. The Kier molecular flexibility index (Phi) is 4.33. The van der Waals surface area contributed by atoms with Crippen molar-refractivity contribution < 1.29 is 14.3 Å². The summed E-state index contributed by atoms with van der Waals surface area (Å²) in [6, 6.07) is 15.7. The van der Waals surface area contributed by atoms with E-state index in [0.717, 1.165) is 15.6 Å². The van der Waals surface area contributed by atoms with Crippen LogP contribution in [0.15, 0.2) is 53.0 Å². The van der Waals surface area contributed by atoms with Crippen LogP contribution in [0.1, 0.15) is 31.9 Å². The second-order valence-electron chi connectivity index (χ2n) is 8.11. The van der Waals surface area contributed by atoms with E-state index in [2.05, 4.69) is 15.9 Å². The molecule has 2 aliphatic rings. The number of ether oxygens (including phenoxy) is 2. The quantitative estimate of drug-likeness (QED) is 0.569. The zero-order valence-corrected chi connectivity index (χ0v) is 17.8. The molecule has 2 fully saturated rings. The predicted molar refractivity (Wildman–Crippen MR) is 108 cm³/mol. The van der Waals surface area contributed by atoms with E-state index in [9.17, 15) is 4.79 Å². The van der Waals surface area contributed by atoms with E-state index in [0.29, 0.717) is 18.1 Å². The van der Waals surface area contributed by atoms with Crippen LogP contribution < -0.4 is 0 Å². The first-order valence-corrected chi connectivity index (χ1v) is 10.0. The van der Waals surface area contributed by atoms with E-state index in [1.165, 1.54) is 0 Å². The number of carbonyl (C=O) groups excluding carboxylic acids is 1. The molecule has 4 rings (SSSR count). The molecule has 2 atom stereocenters. The van der Waals surface area contributed by atoms with Gasteiger partial charge in [-0.25, -0.2) is 4.79 Å². The second kappa shape index (κ2) is 6.23. The number of rotatable bonds is 2. The van der Waals surface area contributed by atoms with Crippen LogP contribution in [0.25, 0.3) is 0 Å². The minimum Gasteiger partial charge on any atom is -0.444 e. The number of benzene rings is 2. The van der Waals surface area contributed by atoms with Gasteiger partial charge < -0.3 is 14.4 Å². The van der Waals surface area contributed by atoms with Gasteiger partial charge in [0, 0.05) is 9.50 Å². The standard InChI is InChI=1S/C21H21BrClNO3/c1-19(2,3)26-18(25)24-12-20(14-4-8-16(22)9-5-14)21(13-24,27-20)15-6-10-17(23)11-7-15/h4-11H,12-13H2,1-3H3/t20-,21+/m1/s1. The molecule has 0 bridgehead atoms. The van der Waals surface area contributed by atoms with Gasteiger partial charge in [0.25, 0.3) is 0 Å². The highest BCUT2D eigenvalue weighted by Crippen LogP contribution is 2.66. The SMILES string of the molecule is CC(C)(C)OC(=O)N1C[C@@]2(c3ccc(Cl)cc3)O[C@@]2(c2ccc(Br)cc2)C1. The molecule has 2 heterocycles. The van der Waals surface area contributed by atoms with Gasteiger partial charge >= 0.3 is 6.09 Å². The van der Waals surface area contributed by atoms with Gasteiger partial charge in [-0.1, -0.05) is 51.8 Å². The third kappa shape index (κ3) is 3.16. The van der Waals surface area contributed by atoms with Gasteiger partial charge in [0.2, 0.25) is 0 Å². The maximum Gasteiger partial charge on any atom is 0.410 e. The average Bonchev–Trinajstić information content (AvgIpc) is 3.11. The number of carbonyl (C=O) groups is 1. The minimum atomic E-state index is -0.581. The lowest BCUT2D eigenvalue weighted by atomic mass is 9.84. The first-order valence-electron chi connectivity index (χ1n) is 8.85. The highest BCUT2D eigenvalue weighted by molar-refractivity contribution is 9.10. The van der Waals surface area contributed by atoms with Crippen LogP contribution in [0.3, 0.4) is 0 Å². The van der Waals surface area contributed by atoms with Crippen molar-refractivity contribution >= 4 is 33.6 Å². The summed E-state index contributed by atoms with van der Waals surface area (Å²) in [6.45, 7) is 6.51. The summed E-state index contributed by atoms with van der Waals surface area (Å²) in [7, 11) is 0. The number of hydrogen-bond donors (Lipinski definition) is 0. The van der Waals surface area contributed by atoms with E-state index < -0.39 is 16.8 Å². The predicted octanol–water partition coefficient (Wildman–Crippen LogP) is 5.47. The molecule has 2 aromatic carbocycles. The van der Waals surface area contributed by atoms with Crippen LogP contribution in [0.2, 0.25) is 5.02 Å². The van der Waals surface area contributed by atoms with Crippen LogP contribution in [0.4, 0.5) is 4.79 Å². The van der Waals surface area contributed by atoms with Crippen LogP contribution in [-0.2, 0) is 20.7 Å². The highest BCUT2D eigenvalue weighted by Gasteiger charge is 2.77. The largest absolute Gasteiger partial charge is 0.444 e. The Bertz CT molecular complexity index is 818. The summed E-state index contributed by atoms with van der Waals surface area (Å²) < 4.78 is 13.0. The fourth-order valence-corrected chi connectivity index (χ4v) is 4.24. The van der Waals surface area contributed by atoms with E-state index in [1.54, 1.807) is 4.90 Å². The van der Waals surface area contributed by atoms with Crippen molar-refractivity contribution in [1.29, 1.82) is 0 Å². The number of likely N-dealkylation sites (tertiary alicyclic amines) is 1. The van der Waals surface area contributed by atoms with E-state index in [1.807, 2.05) is 69.3 Å². The number of halogens is 2. The average molecular weight is 451 g/mol. The van der Waals surface area contributed by atoms with Crippen LogP contribution in [0.5, 0.6) is 0 Å². The van der Waals surface area contributed by atoms with Gasteiger partial charge in [0.1, 0.15) is 16.8 Å². The van der Waals surface area contributed by atoms with E-state index in [4.69, 9.17) is 21.1 Å². The molecular weight excluding hydrogens is 430 g/mol. The summed E-state index contributed by atoms with van der Waals surface area (Å²) in [5, 5.41) is 0.673. The molecule has 2 saturated heterocycles. The van der Waals surface area contributed by atoms with Crippen LogP contribution >= 0.6 is 27.5 Å². The molecule has 0 aromatic heterocycles. The van der Waals surface area contributed by atoms with Crippen molar-refractivity contribution in [2.45, 2.75) is 37.6 Å². The number of fused-ring (bicyclic) bond motifs is 1. The third-order valence-corrected chi connectivity index (χ3v) is 5.84. The molecule has 2 aromatic rings. The Hall–Kier alpha value is -1.56. The number of morpholine rings is 1. The number of epoxide rings is 1. The van der Waals surface area contributed by atoms with Crippen LogP contribution in [-0.4, -0.2) is 29.7 Å². The van der Waals surface area contributed by atoms with Crippen molar-refractivity contribution in [2.24, 2.45) is 0 Å². The molecule has 6 heteroatoms. The Morgan fingerprint density at radius 1 is 1.04 bits per heavy atom.